The molecule has 2 fully saturated rings. The molecule has 1 heterocycles. The highest BCUT2D eigenvalue weighted by molar-refractivity contribution is 5.84. The molecule has 2 aliphatic rings. The number of hydrogen-bond donors (Lipinski definition) is 1. The number of piperidine rings is 1. The molecule has 0 aromatic heterocycles. The molecule has 6 nitrogen and oxygen atoms in total. The van der Waals surface area contributed by atoms with Crippen LogP contribution < -0.4 is 5.32 Å². The molecule has 1 saturated heterocycles. The molecule has 0 bridgehead atoms. The number of nitrogens with zero attached hydrogens (tertiary/aromatic N) is 1. The second-order valence-corrected chi connectivity index (χ2v) is 6.68. The average Bonchev–Trinajstić information content (AvgIpc) is 2.64. The first-order valence-electron chi connectivity index (χ1n) is 9.01. The fourth-order valence-corrected chi connectivity index (χ4v) is 3.65. The molecule has 136 valence electrons. The average molecular weight is 338 g/mol. The number of carbonyl (C=O) groups excluding carboxylic acids is 2. The zero-order valence-electron chi connectivity index (χ0n) is 14.7. The van der Waals surface area contributed by atoms with Crippen molar-refractivity contribution in [3.63, 3.8) is 0 Å². The molecule has 2 amide bonds. The van der Waals surface area contributed by atoms with Crippen molar-refractivity contribution in [2.24, 2.45) is 5.92 Å². The highest BCUT2D eigenvalue weighted by Gasteiger charge is 2.34. The van der Waals surface area contributed by atoms with Crippen LogP contribution >= 0.6 is 0 Å². The number of nitrogens with one attached hydrogen (secondary N) is 1. The maximum absolute atomic E-state index is 12.6. The Hall–Kier alpha value is -1.56. The monoisotopic (exact) mass is 338 g/mol. The minimum Gasteiger partial charge on any atom is -0.467 e. The summed E-state index contributed by atoms with van der Waals surface area (Å²) in [7, 11) is 1.38. The van der Waals surface area contributed by atoms with Gasteiger partial charge in [0.15, 0.2) is 0 Å². The lowest BCUT2D eigenvalue weighted by Crippen LogP contribution is -2.54. The molecule has 24 heavy (non-hydrogen) atoms. The summed E-state index contributed by atoms with van der Waals surface area (Å²) in [6, 6.07) is -0.736. The second-order valence-electron chi connectivity index (χ2n) is 6.68. The van der Waals surface area contributed by atoms with Crippen LogP contribution in [0.15, 0.2) is 12.7 Å². The van der Waals surface area contributed by atoms with Gasteiger partial charge >= 0.3 is 12.0 Å². The third-order valence-corrected chi connectivity index (χ3v) is 4.97. The summed E-state index contributed by atoms with van der Waals surface area (Å²) < 4.78 is 10.6. The number of hydrogen-bond acceptors (Lipinski definition) is 4. The quantitative estimate of drug-likeness (QED) is 0.597. The molecule has 2 rings (SSSR count). The third-order valence-electron chi connectivity index (χ3n) is 4.97. The summed E-state index contributed by atoms with van der Waals surface area (Å²) in [5.41, 5.74) is 0. The number of urea groups is 1. The summed E-state index contributed by atoms with van der Waals surface area (Å²) in [5, 5.41) is 2.92. The van der Waals surface area contributed by atoms with Crippen LogP contribution in [-0.4, -0.2) is 55.9 Å². The van der Waals surface area contributed by atoms with E-state index < -0.39 is 6.04 Å². The molecule has 0 aromatic carbocycles. The van der Waals surface area contributed by atoms with E-state index >= 15 is 0 Å². The van der Waals surface area contributed by atoms with Gasteiger partial charge in [0.05, 0.1) is 19.8 Å². The van der Waals surface area contributed by atoms with E-state index in [4.69, 9.17) is 9.47 Å². The van der Waals surface area contributed by atoms with E-state index in [9.17, 15) is 9.59 Å². The van der Waals surface area contributed by atoms with Crippen LogP contribution in [0.2, 0.25) is 0 Å². The Morgan fingerprint density at radius 3 is 2.67 bits per heavy atom. The van der Waals surface area contributed by atoms with Gasteiger partial charge in [-0.1, -0.05) is 25.3 Å². The maximum atomic E-state index is 12.6. The topological polar surface area (TPSA) is 67.9 Å². The normalized spacial score (nSPS) is 23.4. The number of methoxy groups -OCH3 is 1. The van der Waals surface area contributed by atoms with Gasteiger partial charge in [-0.3, -0.25) is 0 Å². The fourth-order valence-electron chi connectivity index (χ4n) is 3.65. The Balaban J connectivity index is 1.93. The maximum Gasteiger partial charge on any atom is 0.328 e. The number of carbonyl (C=O) groups is 2. The Bertz CT molecular complexity index is 435. The largest absolute Gasteiger partial charge is 0.467 e. The van der Waals surface area contributed by atoms with Gasteiger partial charge in [0.25, 0.3) is 0 Å². The van der Waals surface area contributed by atoms with Crippen molar-refractivity contribution >= 4 is 12.0 Å². The van der Waals surface area contributed by atoms with Crippen molar-refractivity contribution < 1.29 is 19.1 Å². The first-order valence-corrected chi connectivity index (χ1v) is 9.01. The molecular formula is C18H30N2O4. The summed E-state index contributed by atoms with van der Waals surface area (Å²) in [4.78, 5) is 26.5. The molecule has 1 saturated carbocycles. The van der Waals surface area contributed by atoms with Crippen molar-refractivity contribution in [2.75, 3.05) is 26.8 Å². The summed E-state index contributed by atoms with van der Waals surface area (Å²) >= 11 is 0. The highest BCUT2D eigenvalue weighted by atomic mass is 16.5. The van der Waals surface area contributed by atoms with Crippen molar-refractivity contribution in [1.29, 1.82) is 0 Å². The predicted octanol–water partition coefficient (Wildman–Crippen LogP) is 2.48. The Labute approximate surface area is 144 Å². The van der Waals surface area contributed by atoms with Crippen molar-refractivity contribution in [3.05, 3.63) is 12.7 Å². The molecule has 0 aromatic rings. The SMILES string of the molecule is C=CCOC1CCCN(C(=O)N[C@H](C(=O)OC)C2CCCCC2)C1. The molecule has 1 aliphatic carbocycles. The summed E-state index contributed by atoms with van der Waals surface area (Å²) in [6.07, 6.45) is 8.94. The first-order chi connectivity index (χ1) is 11.7. The van der Waals surface area contributed by atoms with E-state index in [2.05, 4.69) is 11.9 Å². The standard InChI is InChI=1S/C18H30N2O4/c1-3-12-24-15-10-7-11-20(13-15)18(22)19-16(17(21)23-2)14-8-5-4-6-9-14/h3,14-16H,1,4-13H2,2H3,(H,19,22)/t15?,16-/m0/s1. The minimum absolute atomic E-state index is 0.0359. The predicted molar refractivity (Wildman–Crippen MR) is 91.7 cm³/mol. The number of ether oxygens (including phenoxy) is 2. The number of rotatable bonds is 6. The van der Waals surface area contributed by atoms with Crippen LogP contribution in [0.25, 0.3) is 0 Å². The van der Waals surface area contributed by atoms with Crippen LogP contribution in [0.4, 0.5) is 4.79 Å². The molecule has 6 heteroatoms. The van der Waals surface area contributed by atoms with Gasteiger partial charge in [-0.05, 0) is 31.6 Å². The lowest BCUT2D eigenvalue weighted by atomic mass is 9.84. The Kier molecular flexibility index (Phi) is 7.56. The Morgan fingerprint density at radius 2 is 2.00 bits per heavy atom. The number of amides is 2. The van der Waals surface area contributed by atoms with Gasteiger partial charge in [-0.2, -0.15) is 0 Å². The van der Waals surface area contributed by atoms with Gasteiger partial charge in [0, 0.05) is 13.1 Å². The molecule has 1 N–H and O–H groups in total. The molecule has 0 radical (unpaired) electrons. The van der Waals surface area contributed by atoms with Gasteiger partial charge in [0.2, 0.25) is 0 Å². The van der Waals surface area contributed by atoms with Crippen LogP contribution in [0.5, 0.6) is 0 Å². The molecule has 1 unspecified atom stereocenters. The smallest absolute Gasteiger partial charge is 0.328 e. The van der Waals surface area contributed by atoms with Crippen LogP contribution in [0.1, 0.15) is 44.9 Å². The van der Waals surface area contributed by atoms with Crippen LogP contribution in [0, 0.1) is 5.92 Å². The van der Waals surface area contributed by atoms with E-state index in [1.54, 1.807) is 11.0 Å². The zero-order chi connectivity index (χ0) is 17.4. The van der Waals surface area contributed by atoms with Crippen molar-refractivity contribution in [3.8, 4) is 0 Å². The van der Waals surface area contributed by atoms with Crippen molar-refractivity contribution in [2.45, 2.75) is 57.1 Å². The van der Waals surface area contributed by atoms with Gasteiger partial charge in [-0.15, -0.1) is 6.58 Å². The molecule has 0 spiro atoms. The Morgan fingerprint density at radius 1 is 1.25 bits per heavy atom. The van der Waals surface area contributed by atoms with Crippen LogP contribution in [-0.2, 0) is 14.3 Å². The van der Waals surface area contributed by atoms with E-state index in [-0.39, 0.29) is 24.0 Å². The van der Waals surface area contributed by atoms with Gasteiger partial charge in [0.1, 0.15) is 6.04 Å². The highest BCUT2D eigenvalue weighted by Crippen LogP contribution is 2.27. The number of likely N-dealkylation sites (tertiary alicyclic amines) is 1. The van der Waals surface area contributed by atoms with Crippen molar-refractivity contribution in [1.82, 2.24) is 10.2 Å². The second kappa shape index (κ2) is 9.67. The molecule has 1 aliphatic heterocycles. The summed E-state index contributed by atoms with van der Waals surface area (Å²) in [5.74, 6) is -0.167. The molecular weight excluding hydrogens is 308 g/mol. The van der Waals surface area contributed by atoms with Gasteiger partial charge < -0.3 is 19.7 Å². The van der Waals surface area contributed by atoms with Crippen LogP contribution in [0.3, 0.4) is 0 Å². The van der Waals surface area contributed by atoms with E-state index in [0.29, 0.717) is 19.7 Å². The van der Waals surface area contributed by atoms with E-state index in [1.807, 2.05) is 0 Å². The zero-order valence-corrected chi connectivity index (χ0v) is 14.7. The minimum atomic E-state index is -0.544. The fraction of sp³-hybridized carbons (Fsp3) is 0.778. The van der Waals surface area contributed by atoms with Gasteiger partial charge in [-0.25, -0.2) is 9.59 Å². The molecule has 2 atom stereocenters. The first kappa shape index (κ1) is 18.8. The number of esters is 1. The van der Waals surface area contributed by atoms with E-state index in [1.165, 1.54) is 13.5 Å². The summed E-state index contributed by atoms with van der Waals surface area (Å²) in [6.45, 7) is 5.39. The lowest BCUT2D eigenvalue weighted by Gasteiger charge is -2.35. The van der Waals surface area contributed by atoms with E-state index in [0.717, 1.165) is 38.5 Å². The third kappa shape index (κ3) is 5.23. The lowest BCUT2D eigenvalue weighted by molar-refractivity contribution is -0.144.